The Balaban J connectivity index is 1.15. The van der Waals surface area contributed by atoms with Gasteiger partial charge >= 0.3 is 0 Å². The van der Waals surface area contributed by atoms with Crippen LogP contribution in [0.2, 0.25) is 0 Å². The molecule has 10 aromatic rings. The van der Waals surface area contributed by atoms with Gasteiger partial charge in [-0.15, -0.1) is 0 Å². The Morgan fingerprint density at radius 2 is 0.691 bits per heavy atom. The molecule has 0 saturated heterocycles. The van der Waals surface area contributed by atoms with Crippen LogP contribution in [0.3, 0.4) is 0 Å². The third-order valence-electron chi connectivity index (χ3n) is 11.0. The van der Waals surface area contributed by atoms with Crippen molar-refractivity contribution < 1.29 is 0 Å². The number of hydrogen-bond acceptors (Lipinski definition) is 2. The minimum Gasteiger partial charge on any atom is -0.310 e. The Morgan fingerprint density at radius 3 is 1.31 bits per heavy atom. The molecule has 1 aliphatic heterocycles. The fourth-order valence-electron chi connectivity index (χ4n) is 8.53. The second-order valence-electron chi connectivity index (χ2n) is 14.3. The second-order valence-corrected chi connectivity index (χ2v) is 14.3. The smallest absolute Gasteiger partial charge is 0.0542 e. The quantitative estimate of drug-likeness (QED) is 0.182. The van der Waals surface area contributed by atoms with Gasteiger partial charge in [-0.1, -0.05) is 121 Å². The molecule has 3 heteroatoms. The van der Waals surface area contributed by atoms with Gasteiger partial charge in [-0.05, 0) is 119 Å². The largest absolute Gasteiger partial charge is 0.310 e. The number of para-hydroxylation sites is 2. The van der Waals surface area contributed by atoms with Crippen LogP contribution in [-0.2, 0) is 0 Å². The monoisotopic (exact) mass is 701 g/mol. The van der Waals surface area contributed by atoms with E-state index in [1.165, 1.54) is 38.3 Å². The average Bonchev–Trinajstić information content (AvgIpc) is 3.58. The van der Waals surface area contributed by atoms with E-state index in [2.05, 4.69) is 227 Å². The molecule has 0 unspecified atom stereocenters. The lowest BCUT2D eigenvalue weighted by atomic mass is 10.00. The Hall–Kier alpha value is -7.36. The predicted molar refractivity (Wildman–Crippen MR) is 232 cm³/mol. The SMILES string of the molecule is c1ccc(N2c3cccc(c3)-c3cccc(c3)N(c3ccc4c(c3)c3ccccc3n4-c3cccc4ccccc34)c3cccc(c3)-c3cccc2c3)cc1. The van der Waals surface area contributed by atoms with Gasteiger partial charge in [0.15, 0.2) is 0 Å². The van der Waals surface area contributed by atoms with Gasteiger partial charge in [-0.25, -0.2) is 0 Å². The summed E-state index contributed by atoms with van der Waals surface area (Å²) >= 11 is 0. The van der Waals surface area contributed by atoms with E-state index in [0.29, 0.717) is 0 Å². The van der Waals surface area contributed by atoms with Crippen LogP contribution in [-0.4, -0.2) is 4.57 Å². The second kappa shape index (κ2) is 12.6. The topological polar surface area (TPSA) is 11.4 Å². The number of anilines is 6. The molecule has 1 aromatic heterocycles. The molecule has 9 aromatic carbocycles. The molecule has 8 bridgehead atoms. The van der Waals surface area contributed by atoms with Crippen LogP contribution in [0.15, 0.2) is 212 Å². The van der Waals surface area contributed by atoms with E-state index >= 15 is 0 Å². The summed E-state index contributed by atoms with van der Waals surface area (Å²) in [7, 11) is 0. The van der Waals surface area contributed by atoms with E-state index in [0.717, 1.165) is 56.4 Å². The summed E-state index contributed by atoms with van der Waals surface area (Å²) in [5, 5.41) is 4.92. The molecule has 2 heterocycles. The molecular formula is C52H35N3. The minimum atomic E-state index is 1.10. The molecule has 1 aliphatic rings. The molecule has 55 heavy (non-hydrogen) atoms. The zero-order chi connectivity index (χ0) is 36.3. The molecule has 0 atom stereocenters. The lowest BCUT2D eigenvalue weighted by molar-refractivity contribution is 1.20. The molecule has 3 nitrogen and oxygen atoms in total. The normalized spacial score (nSPS) is 12.3. The van der Waals surface area contributed by atoms with Gasteiger partial charge in [0.1, 0.15) is 0 Å². The lowest BCUT2D eigenvalue weighted by Gasteiger charge is -2.28. The van der Waals surface area contributed by atoms with E-state index < -0.39 is 0 Å². The highest BCUT2D eigenvalue weighted by Gasteiger charge is 2.21. The Kier molecular flexibility index (Phi) is 7.17. The summed E-state index contributed by atoms with van der Waals surface area (Å²) in [6.45, 7) is 0. The van der Waals surface area contributed by atoms with Gasteiger partial charge in [0.2, 0.25) is 0 Å². The van der Waals surface area contributed by atoms with Gasteiger partial charge < -0.3 is 14.4 Å². The average molecular weight is 702 g/mol. The van der Waals surface area contributed by atoms with Crippen molar-refractivity contribution in [1.29, 1.82) is 0 Å². The molecular weight excluding hydrogens is 667 g/mol. The van der Waals surface area contributed by atoms with Crippen LogP contribution in [0, 0.1) is 0 Å². The fourth-order valence-corrected chi connectivity index (χ4v) is 8.53. The van der Waals surface area contributed by atoms with Crippen molar-refractivity contribution in [1.82, 2.24) is 4.57 Å². The van der Waals surface area contributed by atoms with Crippen molar-refractivity contribution in [3.8, 4) is 27.9 Å². The van der Waals surface area contributed by atoms with Crippen LogP contribution in [0.1, 0.15) is 0 Å². The van der Waals surface area contributed by atoms with Crippen LogP contribution in [0.4, 0.5) is 34.1 Å². The molecule has 0 N–H and O–H groups in total. The maximum atomic E-state index is 2.43. The van der Waals surface area contributed by atoms with E-state index in [4.69, 9.17) is 0 Å². The minimum absolute atomic E-state index is 1.10. The maximum absolute atomic E-state index is 2.43. The van der Waals surface area contributed by atoms with Crippen LogP contribution >= 0.6 is 0 Å². The number of benzene rings is 9. The summed E-state index contributed by atoms with van der Waals surface area (Å²) in [6.07, 6.45) is 0. The molecule has 0 radical (unpaired) electrons. The summed E-state index contributed by atoms with van der Waals surface area (Å²) in [4.78, 5) is 4.76. The molecule has 0 spiro atoms. The summed E-state index contributed by atoms with van der Waals surface area (Å²) in [5.74, 6) is 0. The summed E-state index contributed by atoms with van der Waals surface area (Å²) in [5.41, 5.74) is 14.9. The first-order chi connectivity index (χ1) is 27.3. The third-order valence-corrected chi connectivity index (χ3v) is 11.0. The van der Waals surface area contributed by atoms with Crippen LogP contribution in [0.25, 0.3) is 60.5 Å². The highest BCUT2D eigenvalue weighted by atomic mass is 15.1. The molecule has 0 amide bonds. The standard InChI is InChI=1S/C52H35N3/c1-2-19-41(20-3-1)53-42-21-8-15-37(31-42)39-17-10-23-44(33-39)54(45-24-11-18-40(34-45)38-16-9-22-43(53)32-38)46-29-30-52-49(35-46)48-26-6-7-27-51(48)55(52)50-28-12-14-36-13-4-5-25-47(36)50/h1-35H. The maximum Gasteiger partial charge on any atom is 0.0542 e. The highest BCUT2D eigenvalue weighted by molar-refractivity contribution is 6.12. The predicted octanol–water partition coefficient (Wildman–Crippen LogP) is 14.5. The van der Waals surface area contributed by atoms with E-state index in [1.807, 2.05) is 0 Å². The van der Waals surface area contributed by atoms with Gasteiger partial charge in [-0.2, -0.15) is 0 Å². The number of nitrogens with zero attached hydrogens (tertiary/aromatic N) is 3. The molecule has 0 saturated carbocycles. The van der Waals surface area contributed by atoms with E-state index in [1.54, 1.807) is 0 Å². The van der Waals surface area contributed by atoms with Gasteiger partial charge in [0.05, 0.1) is 16.7 Å². The van der Waals surface area contributed by atoms with E-state index in [-0.39, 0.29) is 0 Å². The third kappa shape index (κ3) is 5.20. The Labute approximate surface area is 320 Å². The van der Waals surface area contributed by atoms with Crippen molar-refractivity contribution in [2.75, 3.05) is 9.80 Å². The molecule has 258 valence electrons. The Morgan fingerprint density at radius 1 is 0.255 bits per heavy atom. The Bertz CT molecular complexity index is 2970. The van der Waals surface area contributed by atoms with Gasteiger partial charge in [0.25, 0.3) is 0 Å². The zero-order valence-corrected chi connectivity index (χ0v) is 30.0. The highest BCUT2D eigenvalue weighted by Crippen LogP contribution is 2.44. The van der Waals surface area contributed by atoms with E-state index in [9.17, 15) is 0 Å². The number of aromatic nitrogens is 1. The van der Waals surface area contributed by atoms with Gasteiger partial charge in [0, 0.05) is 50.3 Å². The van der Waals surface area contributed by atoms with Crippen LogP contribution in [0.5, 0.6) is 0 Å². The number of fused-ring (bicyclic) bond motifs is 14. The van der Waals surface area contributed by atoms with Crippen molar-refractivity contribution >= 4 is 66.7 Å². The zero-order valence-electron chi connectivity index (χ0n) is 30.0. The van der Waals surface area contributed by atoms with Crippen molar-refractivity contribution in [3.63, 3.8) is 0 Å². The van der Waals surface area contributed by atoms with Crippen molar-refractivity contribution in [2.24, 2.45) is 0 Å². The molecule has 0 aliphatic carbocycles. The number of hydrogen-bond donors (Lipinski definition) is 0. The number of rotatable bonds is 3. The fraction of sp³-hybridized carbons (Fsp3) is 0. The first kappa shape index (κ1) is 31.2. The lowest BCUT2D eigenvalue weighted by Crippen LogP contribution is -2.11. The molecule has 11 rings (SSSR count). The first-order valence-electron chi connectivity index (χ1n) is 18.8. The first-order valence-corrected chi connectivity index (χ1v) is 18.8. The van der Waals surface area contributed by atoms with Gasteiger partial charge in [-0.3, -0.25) is 0 Å². The molecule has 0 fully saturated rings. The van der Waals surface area contributed by atoms with Crippen molar-refractivity contribution in [2.45, 2.75) is 0 Å². The summed E-state index contributed by atoms with van der Waals surface area (Å²) < 4.78 is 2.43. The van der Waals surface area contributed by atoms with Crippen LogP contribution < -0.4 is 9.80 Å². The summed E-state index contributed by atoms with van der Waals surface area (Å²) in [6, 6.07) is 77.4. The van der Waals surface area contributed by atoms with Crippen molar-refractivity contribution in [3.05, 3.63) is 212 Å².